The Morgan fingerprint density at radius 1 is 1.07 bits per heavy atom. The zero-order chi connectivity index (χ0) is 20.0. The highest BCUT2D eigenvalue weighted by Gasteiger charge is 2.33. The smallest absolute Gasteiger partial charge is 0.418 e. The van der Waals surface area contributed by atoms with Crippen molar-refractivity contribution in [1.82, 2.24) is 0 Å². The molecule has 1 amide bonds. The lowest BCUT2D eigenvalue weighted by Crippen LogP contribution is -3.08. The first-order valence-corrected chi connectivity index (χ1v) is 8.23. The number of alkyl halides is 3. The summed E-state index contributed by atoms with van der Waals surface area (Å²) < 4.78 is 49.4. The Morgan fingerprint density at radius 2 is 1.74 bits per heavy atom. The Bertz CT molecular complexity index is 794. The maximum Gasteiger partial charge on any atom is 0.418 e. The van der Waals surface area contributed by atoms with E-state index in [0.717, 1.165) is 16.5 Å². The molecule has 0 aliphatic rings. The Morgan fingerprint density at radius 3 is 2.37 bits per heavy atom. The molecule has 5 nitrogen and oxygen atoms in total. The lowest BCUT2D eigenvalue weighted by Gasteiger charge is -2.17. The molecule has 0 aliphatic carbocycles. The van der Waals surface area contributed by atoms with Crippen LogP contribution in [0.3, 0.4) is 0 Å². The highest BCUT2D eigenvalue weighted by molar-refractivity contribution is 5.92. The van der Waals surface area contributed by atoms with Crippen LogP contribution in [0.2, 0.25) is 0 Å². The number of para-hydroxylation sites is 1. The highest BCUT2D eigenvalue weighted by Crippen LogP contribution is 2.34. The molecular formula is C19H22F3N2O3+. The number of nitrogens with one attached hydrogen (secondary N) is 2. The standard InChI is InChI=1S/C19H21F3N2O3/c1-24(11-13-8-9-16(26-2)17(10-13)27-3)12-18(25)23-15-7-5-4-6-14(15)19(20,21)22/h4-10H,11-12H2,1-3H3,(H,23,25)/p+1. The molecule has 0 saturated heterocycles. The van der Waals surface area contributed by atoms with E-state index in [0.29, 0.717) is 18.0 Å². The monoisotopic (exact) mass is 383 g/mol. The number of halogens is 3. The van der Waals surface area contributed by atoms with Gasteiger partial charge >= 0.3 is 6.18 Å². The molecule has 0 aromatic heterocycles. The van der Waals surface area contributed by atoms with Crippen LogP contribution >= 0.6 is 0 Å². The molecule has 0 bridgehead atoms. The summed E-state index contributed by atoms with van der Waals surface area (Å²) in [6.45, 7) is 0.509. The van der Waals surface area contributed by atoms with Crippen LogP contribution in [-0.2, 0) is 17.5 Å². The molecule has 2 rings (SSSR count). The van der Waals surface area contributed by atoms with Gasteiger partial charge in [-0.1, -0.05) is 12.1 Å². The molecule has 0 aliphatic heterocycles. The van der Waals surface area contributed by atoms with Crippen LogP contribution < -0.4 is 19.7 Å². The van der Waals surface area contributed by atoms with Gasteiger partial charge in [0.25, 0.3) is 5.91 Å². The van der Waals surface area contributed by atoms with Crippen molar-refractivity contribution in [3.63, 3.8) is 0 Å². The third-order valence-corrected chi connectivity index (χ3v) is 3.92. The molecule has 2 aromatic rings. The van der Waals surface area contributed by atoms with Crippen LogP contribution in [0.25, 0.3) is 0 Å². The highest BCUT2D eigenvalue weighted by atomic mass is 19.4. The number of rotatable bonds is 7. The van der Waals surface area contributed by atoms with Gasteiger partial charge < -0.3 is 19.7 Å². The predicted molar refractivity (Wildman–Crippen MR) is 95.1 cm³/mol. The summed E-state index contributed by atoms with van der Waals surface area (Å²) in [6.07, 6.45) is -4.53. The third-order valence-electron chi connectivity index (χ3n) is 3.92. The van der Waals surface area contributed by atoms with E-state index in [4.69, 9.17) is 9.47 Å². The molecule has 0 radical (unpaired) electrons. The second-order valence-electron chi connectivity index (χ2n) is 6.09. The Balaban J connectivity index is 2.01. The van der Waals surface area contributed by atoms with Crippen molar-refractivity contribution in [2.24, 2.45) is 0 Å². The van der Waals surface area contributed by atoms with Crippen molar-refractivity contribution in [3.8, 4) is 11.5 Å². The minimum absolute atomic E-state index is 0.0144. The molecule has 0 spiro atoms. The first-order chi connectivity index (χ1) is 12.7. The summed E-state index contributed by atoms with van der Waals surface area (Å²) in [4.78, 5) is 13.0. The molecule has 0 heterocycles. The molecule has 0 saturated carbocycles. The summed E-state index contributed by atoms with van der Waals surface area (Å²) in [5.41, 5.74) is -0.196. The zero-order valence-corrected chi connectivity index (χ0v) is 15.3. The number of quaternary nitrogens is 1. The van der Waals surface area contributed by atoms with Gasteiger partial charge in [0.1, 0.15) is 6.54 Å². The van der Waals surface area contributed by atoms with Crippen molar-refractivity contribution in [1.29, 1.82) is 0 Å². The molecule has 0 fully saturated rings. The molecule has 2 N–H and O–H groups in total. The van der Waals surface area contributed by atoms with Gasteiger partial charge in [0.15, 0.2) is 18.0 Å². The van der Waals surface area contributed by atoms with Crippen LogP contribution in [-0.4, -0.2) is 33.7 Å². The van der Waals surface area contributed by atoms with Crippen molar-refractivity contribution in [2.75, 3.05) is 33.1 Å². The second kappa shape index (κ2) is 8.77. The fraction of sp³-hybridized carbons (Fsp3) is 0.316. The van der Waals surface area contributed by atoms with E-state index >= 15 is 0 Å². The molecule has 1 unspecified atom stereocenters. The van der Waals surface area contributed by atoms with Crippen molar-refractivity contribution >= 4 is 11.6 Å². The number of ether oxygens (including phenoxy) is 2. The van der Waals surface area contributed by atoms with Gasteiger partial charge in [0, 0.05) is 5.56 Å². The molecule has 2 aromatic carbocycles. The van der Waals surface area contributed by atoms with Gasteiger partial charge in [-0.05, 0) is 30.3 Å². The van der Waals surface area contributed by atoms with Gasteiger partial charge in [0.2, 0.25) is 0 Å². The lowest BCUT2D eigenvalue weighted by molar-refractivity contribution is -0.885. The zero-order valence-electron chi connectivity index (χ0n) is 15.3. The van der Waals surface area contributed by atoms with Crippen LogP contribution in [0.15, 0.2) is 42.5 Å². The molecule has 8 heteroatoms. The van der Waals surface area contributed by atoms with E-state index in [9.17, 15) is 18.0 Å². The second-order valence-corrected chi connectivity index (χ2v) is 6.09. The molecular weight excluding hydrogens is 361 g/mol. The van der Waals surface area contributed by atoms with Crippen LogP contribution in [0.5, 0.6) is 11.5 Å². The maximum absolute atomic E-state index is 13.0. The summed E-state index contributed by atoms with van der Waals surface area (Å²) >= 11 is 0. The lowest BCUT2D eigenvalue weighted by atomic mass is 10.1. The Labute approximate surface area is 155 Å². The van der Waals surface area contributed by atoms with E-state index in [-0.39, 0.29) is 12.2 Å². The SMILES string of the molecule is COc1ccc(C[NH+](C)CC(=O)Nc2ccccc2C(F)(F)F)cc1OC. The van der Waals surface area contributed by atoms with E-state index in [1.54, 1.807) is 19.2 Å². The Hall–Kier alpha value is -2.74. The third kappa shape index (κ3) is 5.62. The van der Waals surface area contributed by atoms with E-state index < -0.39 is 17.6 Å². The Kier molecular flexibility index (Phi) is 6.68. The fourth-order valence-electron chi connectivity index (χ4n) is 2.71. The van der Waals surface area contributed by atoms with Gasteiger partial charge in [-0.25, -0.2) is 0 Å². The summed E-state index contributed by atoms with van der Waals surface area (Å²) in [6, 6.07) is 10.3. The largest absolute Gasteiger partial charge is 0.493 e. The minimum Gasteiger partial charge on any atom is -0.493 e. The number of likely N-dealkylation sites (N-methyl/N-ethyl adjacent to an activating group) is 1. The first kappa shape index (κ1) is 20.6. The maximum atomic E-state index is 13.0. The number of benzene rings is 2. The van der Waals surface area contributed by atoms with Crippen molar-refractivity contribution in [2.45, 2.75) is 12.7 Å². The van der Waals surface area contributed by atoms with E-state index in [1.807, 2.05) is 6.07 Å². The number of carbonyl (C=O) groups is 1. The topological polar surface area (TPSA) is 52.0 Å². The van der Waals surface area contributed by atoms with E-state index in [1.165, 1.54) is 32.4 Å². The number of amides is 1. The van der Waals surface area contributed by atoms with Gasteiger partial charge in [-0.3, -0.25) is 4.79 Å². The number of methoxy groups -OCH3 is 2. The summed E-state index contributed by atoms with van der Waals surface area (Å²) in [5, 5.41) is 2.35. The van der Waals surface area contributed by atoms with Crippen LogP contribution in [0.4, 0.5) is 18.9 Å². The van der Waals surface area contributed by atoms with Gasteiger partial charge in [0.05, 0.1) is 32.5 Å². The average Bonchev–Trinajstić information content (AvgIpc) is 2.60. The summed E-state index contributed by atoms with van der Waals surface area (Å²) in [5.74, 6) is 0.677. The quantitative estimate of drug-likeness (QED) is 0.772. The minimum atomic E-state index is -4.53. The van der Waals surface area contributed by atoms with E-state index in [2.05, 4.69) is 5.32 Å². The normalized spacial score (nSPS) is 12.4. The number of hydrogen-bond acceptors (Lipinski definition) is 3. The molecule has 27 heavy (non-hydrogen) atoms. The number of carbonyl (C=O) groups excluding carboxylic acids is 1. The van der Waals surface area contributed by atoms with Crippen molar-refractivity contribution < 1.29 is 32.3 Å². The van der Waals surface area contributed by atoms with Gasteiger partial charge in [-0.15, -0.1) is 0 Å². The molecule has 1 atom stereocenters. The first-order valence-electron chi connectivity index (χ1n) is 8.23. The number of anilines is 1. The fourth-order valence-corrected chi connectivity index (χ4v) is 2.71. The summed E-state index contributed by atoms with van der Waals surface area (Å²) in [7, 11) is 4.85. The van der Waals surface area contributed by atoms with Crippen LogP contribution in [0, 0.1) is 0 Å². The number of hydrogen-bond donors (Lipinski definition) is 2. The van der Waals surface area contributed by atoms with Crippen molar-refractivity contribution in [3.05, 3.63) is 53.6 Å². The van der Waals surface area contributed by atoms with Crippen LogP contribution in [0.1, 0.15) is 11.1 Å². The predicted octanol–water partition coefficient (Wildman–Crippen LogP) is 2.38. The van der Waals surface area contributed by atoms with Gasteiger partial charge in [-0.2, -0.15) is 13.2 Å². The average molecular weight is 383 g/mol. The molecule has 146 valence electrons.